The van der Waals surface area contributed by atoms with E-state index in [1.54, 1.807) is 6.07 Å². The lowest BCUT2D eigenvalue weighted by molar-refractivity contribution is 0.371. The molecule has 0 bridgehead atoms. The zero-order valence-electron chi connectivity index (χ0n) is 12.0. The Morgan fingerprint density at radius 1 is 1.14 bits per heavy atom. The van der Waals surface area contributed by atoms with E-state index in [1.165, 1.54) is 7.11 Å². The molecule has 2 N–H and O–H groups in total. The Kier molecular flexibility index (Phi) is 4.15. The van der Waals surface area contributed by atoms with Gasteiger partial charge in [0.2, 0.25) is 0 Å². The molecule has 2 aromatic carbocycles. The third kappa shape index (κ3) is 2.85. The van der Waals surface area contributed by atoms with E-state index in [-0.39, 0.29) is 5.75 Å². The quantitative estimate of drug-likeness (QED) is 0.728. The van der Waals surface area contributed by atoms with Crippen molar-refractivity contribution in [2.45, 2.75) is 6.54 Å². The molecule has 4 nitrogen and oxygen atoms in total. The second-order valence-electron chi connectivity index (χ2n) is 4.83. The van der Waals surface area contributed by atoms with Crippen molar-refractivity contribution in [2.75, 3.05) is 12.4 Å². The Labute approximate surface area is 136 Å². The highest BCUT2D eigenvalue weighted by Crippen LogP contribution is 2.30. The van der Waals surface area contributed by atoms with Gasteiger partial charge in [-0.25, -0.2) is 4.98 Å². The lowest BCUT2D eigenvalue weighted by Gasteiger charge is -2.11. The van der Waals surface area contributed by atoms with E-state index in [1.807, 2.05) is 42.5 Å². The summed E-state index contributed by atoms with van der Waals surface area (Å²) in [6.45, 7) is 0.464. The third-order valence-electron chi connectivity index (χ3n) is 3.43. The molecule has 0 spiro atoms. The molecule has 0 unspecified atom stereocenters. The van der Waals surface area contributed by atoms with Crippen molar-refractivity contribution < 1.29 is 9.84 Å². The number of nitrogens with zero attached hydrogens (tertiary/aromatic N) is 1. The normalized spacial score (nSPS) is 10.6. The fourth-order valence-corrected chi connectivity index (χ4v) is 2.74. The van der Waals surface area contributed by atoms with Crippen LogP contribution in [0.2, 0.25) is 0 Å². The molecule has 22 heavy (non-hydrogen) atoms. The first-order valence-electron chi connectivity index (χ1n) is 6.83. The molecular formula is C17H15BrN2O2. The van der Waals surface area contributed by atoms with Gasteiger partial charge in [0, 0.05) is 22.0 Å². The molecule has 3 aromatic rings. The Balaban J connectivity index is 1.84. The summed E-state index contributed by atoms with van der Waals surface area (Å²) in [4.78, 5) is 4.59. The first kappa shape index (κ1) is 14.7. The number of methoxy groups -OCH3 is 1. The Hall–Kier alpha value is -2.27. The summed E-state index contributed by atoms with van der Waals surface area (Å²) < 4.78 is 6.07. The lowest BCUT2D eigenvalue weighted by Crippen LogP contribution is -2.02. The van der Waals surface area contributed by atoms with E-state index in [0.29, 0.717) is 12.3 Å². The van der Waals surface area contributed by atoms with E-state index < -0.39 is 0 Å². The predicted octanol–water partition coefficient (Wildman–Crippen LogP) is 4.32. The van der Waals surface area contributed by atoms with Gasteiger partial charge >= 0.3 is 0 Å². The number of hydrogen-bond acceptors (Lipinski definition) is 4. The second kappa shape index (κ2) is 6.23. The van der Waals surface area contributed by atoms with E-state index in [9.17, 15) is 5.11 Å². The fraction of sp³-hybridized carbons (Fsp3) is 0.118. The number of rotatable bonds is 4. The molecule has 1 heterocycles. The molecular weight excluding hydrogens is 344 g/mol. The fourth-order valence-electron chi connectivity index (χ4n) is 2.27. The van der Waals surface area contributed by atoms with E-state index >= 15 is 0 Å². The molecule has 0 aliphatic rings. The average Bonchev–Trinajstić information content (AvgIpc) is 2.54. The maximum absolute atomic E-state index is 10.1. The van der Waals surface area contributed by atoms with E-state index in [2.05, 4.69) is 26.2 Å². The highest BCUT2D eigenvalue weighted by molar-refractivity contribution is 9.10. The minimum absolute atomic E-state index is 0.152. The smallest absolute Gasteiger partial charge is 0.162 e. The summed E-state index contributed by atoms with van der Waals surface area (Å²) in [5.41, 5.74) is 1.66. The summed E-state index contributed by atoms with van der Waals surface area (Å²) in [7, 11) is 1.54. The molecule has 0 fully saturated rings. The molecule has 0 aliphatic heterocycles. The monoisotopic (exact) mass is 358 g/mol. The van der Waals surface area contributed by atoms with Gasteiger partial charge in [0.15, 0.2) is 11.5 Å². The molecule has 0 saturated heterocycles. The van der Waals surface area contributed by atoms with Gasteiger partial charge in [-0.15, -0.1) is 0 Å². The van der Waals surface area contributed by atoms with Crippen molar-refractivity contribution in [1.29, 1.82) is 0 Å². The van der Waals surface area contributed by atoms with Crippen LogP contribution in [0.1, 0.15) is 5.56 Å². The number of aromatic hydroxyl groups is 1. The number of phenols is 1. The number of para-hydroxylation sites is 2. The number of halogens is 1. The van der Waals surface area contributed by atoms with Crippen molar-refractivity contribution in [3.8, 4) is 11.5 Å². The van der Waals surface area contributed by atoms with Crippen molar-refractivity contribution in [3.05, 3.63) is 58.6 Å². The number of hydrogen-bond donors (Lipinski definition) is 2. The van der Waals surface area contributed by atoms with Gasteiger partial charge in [-0.1, -0.05) is 24.3 Å². The van der Waals surface area contributed by atoms with Crippen LogP contribution in [0.5, 0.6) is 11.5 Å². The van der Waals surface area contributed by atoms with Gasteiger partial charge in [0.05, 0.1) is 12.6 Å². The highest BCUT2D eigenvalue weighted by Gasteiger charge is 2.07. The van der Waals surface area contributed by atoms with Crippen LogP contribution in [0.15, 0.2) is 53.0 Å². The number of fused-ring (bicyclic) bond motifs is 1. The molecule has 3 rings (SSSR count). The predicted molar refractivity (Wildman–Crippen MR) is 91.4 cm³/mol. The number of benzene rings is 2. The number of anilines is 1. The summed E-state index contributed by atoms with van der Waals surface area (Å²) in [5.74, 6) is 1.37. The van der Waals surface area contributed by atoms with Crippen molar-refractivity contribution >= 4 is 32.7 Å². The minimum atomic E-state index is 0.152. The number of ether oxygens (including phenoxy) is 1. The Morgan fingerprint density at radius 3 is 2.77 bits per heavy atom. The maximum atomic E-state index is 10.1. The van der Waals surface area contributed by atoms with Crippen molar-refractivity contribution in [2.24, 2.45) is 0 Å². The van der Waals surface area contributed by atoms with Crippen LogP contribution in [0, 0.1) is 0 Å². The van der Waals surface area contributed by atoms with Crippen LogP contribution in [0.25, 0.3) is 10.9 Å². The van der Waals surface area contributed by atoms with E-state index in [4.69, 9.17) is 4.74 Å². The number of pyridine rings is 1. The van der Waals surface area contributed by atoms with Crippen molar-refractivity contribution in [1.82, 2.24) is 4.98 Å². The zero-order chi connectivity index (χ0) is 15.5. The van der Waals surface area contributed by atoms with Crippen LogP contribution in [-0.4, -0.2) is 17.2 Å². The summed E-state index contributed by atoms with van der Waals surface area (Å²) >= 11 is 3.51. The van der Waals surface area contributed by atoms with Gasteiger partial charge < -0.3 is 15.2 Å². The maximum Gasteiger partial charge on any atom is 0.162 e. The first-order valence-corrected chi connectivity index (χ1v) is 7.62. The van der Waals surface area contributed by atoms with Crippen LogP contribution >= 0.6 is 15.9 Å². The Morgan fingerprint density at radius 2 is 1.95 bits per heavy atom. The molecule has 0 atom stereocenters. The minimum Gasteiger partial charge on any atom is -0.504 e. The van der Waals surface area contributed by atoms with Crippen LogP contribution < -0.4 is 10.1 Å². The van der Waals surface area contributed by atoms with E-state index in [0.717, 1.165) is 26.8 Å². The topological polar surface area (TPSA) is 54.4 Å². The van der Waals surface area contributed by atoms with Crippen LogP contribution in [0.3, 0.4) is 0 Å². The standard InChI is InChI=1S/C17H15BrN2O2/c1-22-14-7-3-5-12(17(14)21)10-19-15-9-8-11-4-2-6-13(18)16(11)20-15/h2-9,21H,10H2,1H3,(H,19,20). The van der Waals surface area contributed by atoms with Gasteiger partial charge in [-0.2, -0.15) is 0 Å². The summed E-state index contributed by atoms with van der Waals surface area (Å²) in [5, 5.41) is 14.4. The molecule has 112 valence electrons. The van der Waals surface area contributed by atoms with Crippen LogP contribution in [0.4, 0.5) is 5.82 Å². The first-order chi connectivity index (χ1) is 10.7. The molecule has 0 saturated carbocycles. The van der Waals surface area contributed by atoms with Crippen molar-refractivity contribution in [3.63, 3.8) is 0 Å². The summed E-state index contributed by atoms with van der Waals surface area (Å²) in [6.07, 6.45) is 0. The molecule has 5 heteroatoms. The molecule has 0 amide bonds. The molecule has 0 aliphatic carbocycles. The lowest BCUT2D eigenvalue weighted by atomic mass is 10.2. The van der Waals surface area contributed by atoms with Crippen LogP contribution in [-0.2, 0) is 6.54 Å². The highest BCUT2D eigenvalue weighted by atomic mass is 79.9. The second-order valence-corrected chi connectivity index (χ2v) is 5.68. The number of aromatic nitrogens is 1. The molecule has 1 aromatic heterocycles. The summed E-state index contributed by atoms with van der Waals surface area (Å²) in [6, 6.07) is 15.3. The third-order valence-corrected chi connectivity index (χ3v) is 4.07. The van der Waals surface area contributed by atoms with Gasteiger partial charge in [-0.3, -0.25) is 0 Å². The average molecular weight is 359 g/mol. The zero-order valence-corrected chi connectivity index (χ0v) is 13.6. The number of phenolic OH excluding ortho intramolecular Hbond substituents is 1. The van der Waals surface area contributed by atoms with Gasteiger partial charge in [0.1, 0.15) is 5.82 Å². The van der Waals surface area contributed by atoms with Gasteiger partial charge in [-0.05, 0) is 40.2 Å². The number of nitrogens with one attached hydrogen (secondary N) is 1. The van der Waals surface area contributed by atoms with Gasteiger partial charge in [0.25, 0.3) is 0 Å². The SMILES string of the molecule is COc1cccc(CNc2ccc3cccc(Br)c3n2)c1O. The largest absolute Gasteiger partial charge is 0.504 e. The molecule has 0 radical (unpaired) electrons. The Bertz CT molecular complexity index is 821.